The first-order valence-electron chi connectivity index (χ1n) is 9.49. The van der Waals surface area contributed by atoms with Crippen molar-refractivity contribution in [2.24, 2.45) is 0 Å². The van der Waals surface area contributed by atoms with Crippen molar-refractivity contribution >= 4 is 15.9 Å². The maximum Gasteiger partial charge on any atom is 0.274 e. The lowest BCUT2D eigenvalue weighted by Crippen LogP contribution is -2.33. The summed E-state index contributed by atoms with van der Waals surface area (Å²) in [6.07, 6.45) is 2.01. The van der Waals surface area contributed by atoms with E-state index in [0.717, 1.165) is 12.3 Å². The number of nitrogens with one attached hydrogen (secondary N) is 1. The Morgan fingerprint density at radius 1 is 0.912 bits per heavy atom. The number of pyridine rings is 1. The summed E-state index contributed by atoms with van der Waals surface area (Å²) in [5.74, 6) is -6.90. The van der Waals surface area contributed by atoms with E-state index in [1.54, 1.807) is 0 Å². The minimum Gasteiger partial charge on any atom is -0.288 e. The molecule has 0 aliphatic heterocycles. The zero-order valence-corrected chi connectivity index (χ0v) is 17.9. The second kappa shape index (κ2) is 10.2. The lowest BCUT2D eigenvalue weighted by Gasteiger charge is -2.23. The molecule has 1 amide bonds. The molecule has 0 aliphatic rings. The summed E-state index contributed by atoms with van der Waals surface area (Å²) in [7, 11) is -4.70. The monoisotopic (exact) mass is 501 g/mol. The zero-order valence-electron chi connectivity index (χ0n) is 17.1. The van der Waals surface area contributed by atoms with Crippen molar-refractivity contribution in [1.82, 2.24) is 14.8 Å². The van der Waals surface area contributed by atoms with Gasteiger partial charge in [-0.25, -0.2) is 35.8 Å². The number of hydroxylamine groups is 1. The Morgan fingerprint density at radius 2 is 1.53 bits per heavy atom. The third-order valence-electron chi connectivity index (χ3n) is 4.72. The van der Waals surface area contributed by atoms with Crippen LogP contribution in [0.3, 0.4) is 0 Å². The number of aromatic nitrogens is 1. The van der Waals surface area contributed by atoms with Crippen LogP contribution in [-0.2, 0) is 23.0 Å². The third-order valence-corrected chi connectivity index (χ3v) is 6.55. The predicted octanol–water partition coefficient (Wildman–Crippen LogP) is 3.33. The van der Waals surface area contributed by atoms with Gasteiger partial charge in [-0.3, -0.25) is 15.0 Å². The average Bonchev–Trinajstić information content (AvgIpc) is 2.76. The van der Waals surface area contributed by atoms with E-state index in [2.05, 4.69) is 4.98 Å². The van der Waals surface area contributed by atoms with E-state index < -0.39 is 74.1 Å². The van der Waals surface area contributed by atoms with Gasteiger partial charge in [0.05, 0.1) is 11.1 Å². The predicted molar refractivity (Wildman–Crippen MR) is 107 cm³/mol. The summed E-state index contributed by atoms with van der Waals surface area (Å²) in [5, 5.41) is 8.63. The summed E-state index contributed by atoms with van der Waals surface area (Å²) in [4.78, 5) is 14.3. The normalized spacial score (nSPS) is 11.6. The van der Waals surface area contributed by atoms with Gasteiger partial charge >= 0.3 is 0 Å². The highest BCUT2D eigenvalue weighted by molar-refractivity contribution is 7.89. The molecule has 0 fully saturated rings. The van der Waals surface area contributed by atoms with Gasteiger partial charge in [-0.15, -0.1) is 0 Å². The number of halogens is 5. The molecule has 0 bridgehead atoms. The Hall–Kier alpha value is -3.42. The lowest BCUT2D eigenvalue weighted by atomic mass is 10.1. The molecule has 13 heteroatoms. The highest BCUT2D eigenvalue weighted by atomic mass is 32.2. The highest BCUT2D eigenvalue weighted by Crippen LogP contribution is 2.24. The van der Waals surface area contributed by atoms with Crippen LogP contribution in [0.4, 0.5) is 22.0 Å². The standard InChI is InChI=1S/C21H16F5N3O4S/c22-14-6-15(23)8-17(7-14)34(32,33)29(2-1-12-3-16(24)10-27-9-12)11-18-19(25)4-13(5-20(18)26)21(30)28-31/h3-10,31H,1-2,11H2,(H,28,30). The van der Waals surface area contributed by atoms with Crippen LogP contribution in [0.25, 0.3) is 0 Å². The number of amides is 1. The molecule has 0 saturated carbocycles. The van der Waals surface area contributed by atoms with E-state index in [9.17, 15) is 35.2 Å². The molecule has 0 atom stereocenters. The number of hydrogen-bond donors (Lipinski definition) is 2. The fourth-order valence-corrected chi connectivity index (χ4v) is 4.54. The Labute approximate surface area is 190 Å². The minimum atomic E-state index is -4.70. The second-order valence-electron chi connectivity index (χ2n) is 7.06. The maximum absolute atomic E-state index is 14.6. The largest absolute Gasteiger partial charge is 0.288 e. The van der Waals surface area contributed by atoms with E-state index >= 15 is 0 Å². The topological polar surface area (TPSA) is 99.6 Å². The SMILES string of the molecule is O=C(NO)c1cc(F)c(CN(CCc2cncc(F)c2)S(=O)(=O)c2cc(F)cc(F)c2)c(F)c1. The van der Waals surface area contributed by atoms with Gasteiger partial charge in [0.1, 0.15) is 29.1 Å². The van der Waals surface area contributed by atoms with Crippen molar-refractivity contribution in [2.45, 2.75) is 17.9 Å². The number of rotatable bonds is 8. The fraction of sp³-hybridized carbons (Fsp3) is 0.143. The number of sulfonamides is 1. The van der Waals surface area contributed by atoms with Crippen LogP contribution < -0.4 is 5.48 Å². The summed E-state index contributed by atoms with van der Waals surface area (Å²) in [5.41, 5.74) is 0.114. The Morgan fingerprint density at radius 3 is 2.09 bits per heavy atom. The first-order valence-corrected chi connectivity index (χ1v) is 10.9. The van der Waals surface area contributed by atoms with Crippen molar-refractivity contribution in [2.75, 3.05) is 6.54 Å². The van der Waals surface area contributed by atoms with Gasteiger partial charge in [-0.05, 0) is 42.3 Å². The number of carbonyl (C=O) groups excluding carboxylic acids is 1. The summed E-state index contributed by atoms with van der Waals surface area (Å²) in [6, 6.07) is 3.75. The van der Waals surface area contributed by atoms with E-state index in [4.69, 9.17) is 5.21 Å². The highest BCUT2D eigenvalue weighted by Gasteiger charge is 2.28. The quantitative estimate of drug-likeness (QED) is 0.280. The molecule has 34 heavy (non-hydrogen) atoms. The molecule has 1 heterocycles. The number of nitrogens with zero attached hydrogens (tertiary/aromatic N) is 2. The number of benzene rings is 2. The summed E-state index contributed by atoms with van der Waals surface area (Å²) in [6.45, 7) is -1.40. The smallest absolute Gasteiger partial charge is 0.274 e. The van der Waals surface area contributed by atoms with Crippen molar-refractivity contribution in [3.05, 3.63) is 94.6 Å². The van der Waals surface area contributed by atoms with Crippen LogP contribution in [-0.4, -0.2) is 35.4 Å². The summed E-state index contributed by atoms with van der Waals surface area (Å²) < 4.78 is 96.8. The van der Waals surface area contributed by atoms with Gasteiger partial charge in [0, 0.05) is 36.5 Å². The molecular weight excluding hydrogens is 485 g/mol. The fourth-order valence-electron chi connectivity index (χ4n) is 3.08. The summed E-state index contributed by atoms with van der Waals surface area (Å²) >= 11 is 0. The van der Waals surface area contributed by atoms with Gasteiger partial charge in [0.15, 0.2) is 0 Å². The molecule has 3 rings (SSSR count). The molecule has 0 radical (unpaired) electrons. The van der Waals surface area contributed by atoms with E-state index in [1.807, 2.05) is 0 Å². The van der Waals surface area contributed by atoms with Gasteiger partial charge in [-0.1, -0.05) is 0 Å². The van der Waals surface area contributed by atoms with Gasteiger partial charge < -0.3 is 0 Å². The van der Waals surface area contributed by atoms with Crippen molar-refractivity contribution in [3.8, 4) is 0 Å². The zero-order chi connectivity index (χ0) is 25.0. The van der Waals surface area contributed by atoms with Crippen molar-refractivity contribution in [1.29, 1.82) is 0 Å². The molecule has 7 nitrogen and oxygen atoms in total. The third kappa shape index (κ3) is 5.73. The second-order valence-corrected chi connectivity index (χ2v) is 9.00. The molecule has 1 aromatic heterocycles. The molecule has 2 aromatic carbocycles. The van der Waals surface area contributed by atoms with Crippen LogP contribution in [0, 0.1) is 29.1 Å². The van der Waals surface area contributed by atoms with Crippen LogP contribution in [0.15, 0.2) is 53.7 Å². The molecule has 180 valence electrons. The van der Waals surface area contributed by atoms with Gasteiger partial charge in [0.2, 0.25) is 10.0 Å². The van der Waals surface area contributed by atoms with E-state index in [-0.39, 0.29) is 12.0 Å². The van der Waals surface area contributed by atoms with Crippen LogP contribution >= 0.6 is 0 Å². The molecule has 0 spiro atoms. The lowest BCUT2D eigenvalue weighted by molar-refractivity contribution is 0.0705. The van der Waals surface area contributed by atoms with Gasteiger partial charge in [0.25, 0.3) is 5.91 Å². The molecule has 3 aromatic rings. The Kier molecular flexibility index (Phi) is 7.59. The molecule has 2 N–H and O–H groups in total. The van der Waals surface area contributed by atoms with Crippen LogP contribution in [0.1, 0.15) is 21.5 Å². The Bertz CT molecular complexity index is 1290. The van der Waals surface area contributed by atoms with E-state index in [0.29, 0.717) is 34.6 Å². The first kappa shape index (κ1) is 25.2. The minimum absolute atomic E-state index is 0.157. The molecule has 0 aliphatic carbocycles. The van der Waals surface area contributed by atoms with Crippen molar-refractivity contribution in [3.63, 3.8) is 0 Å². The molecule has 0 saturated heterocycles. The van der Waals surface area contributed by atoms with E-state index in [1.165, 1.54) is 11.7 Å². The molecular formula is C21H16F5N3O4S. The number of carbonyl (C=O) groups is 1. The van der Waals surface area contributed by atoms with Crippen LogP contribution in [0.2, 0.25) is 0 Å². The number of hydrogen-bond acceptors (Lipinski definition) is 5. The molecule has 0 unspecified atom stereocenters. The maximum atomic E-state index is 14.6. The van der Waals surface area contributed by atoms with Crippen molar-refractivity contribution < 1.29 is 40.4 Å². The Balaban J connectivity index is 2.02. The average molecular weight is 501 g/mol. The van der Waals surface area contributed by atoms with Gasteiger partial charge in [-0.2, -0.15) is 4.31 Å². The first-order chi connectivity index (χ1) is 16.0. The van der Waals surface area contributed by atoms with Crippen LogP contribution in [0.5, 0.6) is 0 Å².